The van der Waals surface area contributed by atoms with Gasteiger partial charge >= 0.3 is 0 Å². The summed E-state index contributed by atoms with van der Waals surface area (Å²) in [5.74, 6) is 0.876. The van der Waals surface area contributed by atoms with Crippen LogP contribution < -0.4 is 10.6 Å². The lowest BCUT2D eigenvalue weighted by Crippen LogP contribution is -2.37. The van der Waals surface area contributed by atoms with Crippen molar-refractivity contribution in [2.75, 3.05) is 19.6 Å². The van der Waals surface area contributed by atoms with Crippen molar-refractivity contribution in [1.82, 2.24) is 20.4 Å². The molecule has 2 N–H and O–H groups in total. The predicted octanol–water partition coefficient (Wildman–Crippen LogP) is 0.538. The number of nitrogens with one attached hydrogen (secondary N) is 2. The topological polar surface area (TPSA) is 54.2 Å². The largest absolute Gasteiger partial charge is 0.357 e. The molecule has 0 saturated carbocycles. The van der Waals surface area contributed by atoms with Crippen molar-refractivity contribution in [1.29, 1.82) is 0 Å². The van der Waals surface area contributed by atoms with E-state index in [2.05, 4.69) is 34.6 Å². The molecule has 5 nitrogen and oxygen atoms in total. The van der Waals surface area contributed by atoms with E-state index in [0.29, 0.717) is 0 Å². The molecule has 0 spiro atoms. The maximum Gasteiger partial charge on any atom is 0.191 e. The van der Waals surface area contributed by atoms with Crippen LogP contribution in [0.1, 0.15) is 19.5 Å². The first-order valence-corrected chi connectivity index (χ1v) is 5.77. The molecule has 1 rings (SSSR count). The molecule has 1 heterocycles. The van der Waals surface area contributed by atoms with Crippen LogP contribution in [0.5, 0.6) is 0 Å². The van der Waals surface area contributed by atoms with E-state index in [1.807, 2.05) is 24.0 Å². The second-order valence-electron chi connectivity index (χ2n) is 3.52. The molecule has 0 fully saturated rings. The van der Waals surface area contributed by atoms with Gasteiger partial charge in [-0.2, -0.15) is 5.10 Å². The van der Waals surface area contributed by atoms with E-state index < -0.39 is 0 Å². The van der Waals surface area contributed by atoms with Gasteiger partial charge in [0.1, 0.15) is 0 Å². The monoisotopic (exact) mass is 223 g/mol. The summed E-state index contributed by atoms with van der Waals surface area (Å²) in [7, 11) is 1.93. The molecule has 90 valence electrons. The van der Waals surface area contributed by atoms with E-state index in [1.165, 1.54) is 0 Å². The molecule has 0 saturated heterocycles. The third-order valence-electron chi connectivity index (χ3n) is 2.10. The Hall–Kier alpha value is -1.52. The smallest absolute Gasteiger partial charge is 0.191 e. The maximum absolute atomic E-state index is 4.45. The molecule has 0 aliphatic carbocycles. The predicted molar refractivity (Wildman–Crippen MR) is 66.6 cm³/mol. The number of hydrogen-bond donors (Lipinski definition) is 2. The lowest BCUT2D eigenvalue weighted by Gasteiger charge is -2.08. The molecule has 1 aromatic heterocycles. The van der Waals surface area contributed by atoms with Crippen LogP contribution in [-0.2, 0) is 13.5 Å². The average Bonchev–Trinajstić information content (AvgIpc) is 2.65. The fourth-order valence-electron chi connectivity index (χ4n) is 1.39. The van der Waals surface area contributed by atoms with Crippen molar-refractivity contribution in [3.05, 3.63) is 18.0 Å². The van der Waals surface area contributed by atoms with Crippen molar-refractivity contribution >= 4 is 5.96 Å². The number of hydrogen-bond acceptors (Lipinski definition) is 2. The Morgan fingerprint density at radius 2 is 2.06 bits per heavy atom. The van der Waals surface area contributed by atoms with Crippen molar-refractivity contribution in [3.63, 3.8) is 0 Å². The third kappa shape index (κ3) is 4.33. The zero-order chi connectivity index (χ0) is 11.8. The summed E-state index contributed by atoms with van der Waals surface area (Å²) in [6.45, 7) is 6.65. The van der Waals surface area contributed by atoms with E-state index in [4.69, 9.17) is 0 Å². The summed E-state index contributed by atoms with van der Waals surface area (Å²) in [6.07, 6.45) is 2.83. The van der Waals surface area contributed by atoms with Crippen LogP contribution in [0.3, 0.4) is 0 Å². The summed E-state index contributed by atoms with van der Waals surface area (Å²) in [6, 6.07) is 2.02. The normalized spacial score (nSPS) is 9.94. The highest BCUT2D eigenvalue weighted by atomic mass is 15.2. The Morgan fingerprint density at radius 1 is 1.38 bits per heavy atom. The van der Waals surface area contributed by atoms with Crippen molar-refractivity contribution in [2.24, 2.45) is 12.0 Å². The molecule has 0 aliphatic rings. The summed E-state index contributed by atoms with van der Waals surface area (Å²) in [4.78, 5) is 4.45. The van der Waals surface area contributed by atoms with Crippen LogP contribution in [0.2, 0.25) is 0 Å². The zero-order valence-electron chi connectivity index (χ0n) is 10.3. The van der Waals surface area contributed by atoms with Gasteiger partial charge in [0.15, 0.2) is 5.96 Å². The van der Waals surface area contributed by atoms with E-state index >= 15 is 0 Å². The van der Waals surface area contributed by atoms with Gasteiger partial charge in [0, 0.05) is 39.3 Å². The molecule has 0 radical (unpaired) electrons. The average molecular weight is 223 g/mol. The summed E-state index contributed by atoms with van der Waals surface area (Å²) in [5, 5.41) is 10.7. The Bertz CT molecular complexity index is 321. The third-order valence-corrected chi connectivity index (χ3v) is 2.10. The molecule has 0 bridgehead atoms. The highest BCUT2D eigenvalue weighted by molar-refractivity contribution is 5.79. The lowest BCUT2D eigenvalue weighted by atomic mass is 10.3. The molecule has 5 heteroatoms. The second-order valence-corrected chi connectivity index (χ2v) is 3.52. The highest BCUT2D eigenvalue weighted by Gasteiger charge is 1.97. The standard InChI is InChI=1S/C11H21N5/c1-4-12-11(13-5-2)14-8-6-10-7-9-16(3)15-10/h7,9H,4-6,8H2,1-3H3,(H2,12,13,14). The molecule has 0 aromatic carbocycles. The van der Waals surface area contributed by atoms with Crippen LogP contribution in [0.15, 0.2) is 17.3 Å². The minimum Gasteiger partial charge on any atom is -0.357 e. The first kappa shape index (κ1) is 12.5. The number of aromatic nitrogens is 2. The number of aryl methyl sites for hydroxylation is 1. The zero-order valence-corrected chi connectivity index (χ0v) is 10.3. The van der Waals surface area contributed by atoms with Crippen molar-refractivity contribution in [2.45, 2.75) is 20.3 Å². The molecular formula is C11H21N5. The Morgan fingerprint density at radius 3 is 2.56 bits per heavy atom. The highest BCUT2D eigenvalue weighted by Crippen LogP contribution is 1.95. The molecule has 0 atom stereocenters. The van der Waals surface area contributed by atoms with E-state index in [0.717, 1.165) is 37.7 Å². The number of guanidine groups is 1. The summed E-state index contributed by atoms with van der Waals surface area (Å²) >= 11 is 0. The van der Waals surface area contributed by atoms with E-state index in [9.17, 15) is 0 Å². The molecular weight excluding hydrogens is 202 g/mol. The number of rotatable bonds is 5. The first-order valence-electron chi connectivity index (χ1n) is 5.77. The first-order chi connectivity index (χ1) is 7.76. The van der Waals surface area contributed by atoms with Crippen molar-refractivity contribution in [3.8, 4) is 0 Å². The van der Waals surface area contributed by atoms with Gasteiger partial charge in [-0.25, -0.2) is 0 Å². The van der Waals surface area contributed by atoms with Gasteiger partial charge in [0.05, 0.1) is 5.69 Å². The Balaban J connectivity index is 2.38. The lowest BCUT2D eigenvalue weighted by molar-refractivity contribution is 0.737. The molecule has 0 unspecified atom stereocenters. The van der Waals surface area contributed by atoms with Gasteiger partial charge in [0.25, 0.3) is 0 Å². The molecule has 16 heavy (non-hydrogen) atoms. The van der Waals surface area contributed by atoms with Gasteiger partial charge in [-0.05, 0) is 19.9 Å². The maximum atomic E-state index is 4.45. The second kappa shape index (κ2) is 6.87. The fraction of sp³-hybridized carbons (Fsp3) is 0.636. The fourth-order valence-corrected chi connectivity index (χ4v) is 1.39. The molecule has 0 amide bonds. The number of aliphatic imine (C=N–C) groups is 1. The van der Waals surface area contributed by atoms with Gasteiger partial charge in [-0.15, -0.1) is 0 Å². The quantitative estimate of drug-likeness (QED) is 0.566. The van der Waals surface area contributed by atoms with Crippen LogP contribution in [0.25, 0.3) is 0 Å². The Kier molecular flexibility index (Phi) is 5.39. The minimum atomic E-state index is 0.756. The van der Waals surface area contributed by atoms with Crippen LogP contribution in [0.4, 0.5) is 0 Å². The van der Waals surface area contributed by atoms with Gasteiger partial charge in [-0.1, -0.05) is 0 Å². The molecule has 0 aliphatic heterocycles. The van der Waals surface area contributed by atoms with Crippen molar-refractivity contribution < 1.29 is 0 Å². The minimum absolute atomic E-state index is 0.756. The van der Waals surface area contributed by atoms with Crippen LogP contribution in [0, 0.1) is 0 Å². The molecule has 1 aromatic rings. The number of nitrogens with zero attached hydrogens (tertiary/aromatic N) is 3. The van der Waals surface area contributed by atoms with Gasteiger partial charge < -0.3 is 10.6 Å². The van der Waals surface area contributed by atoms with E-state index in [-0.39, 0.29) is 0 Å². The summed E-state index contributed by atoms with van der Waals surface area (Å²) < 4.78 is 1.81. The van der Waals surface area contributed by atoms with E-state index in [1.54, 1.807) is 0 Å². The van der Waals surface area contributed by atoms with Crippen LogP contribution >= 0.6 is 0 Å². The summed E-state index contributed by atoms with van der Waals surface area (Å²) in [5.41, 5.74) is 1.08. The van der Waals surface area contributed by atoms with Gasteiger partial charge in [-0.3, -0.25) is 9.67 Å². The van der Waals surface area contributed by atoms with Gasteiger partial charge in [0.2, 0.25) is 0 Å². The SMILES string of the molecule is CCNC(=NCCc1ccn(C)n1)NCC. The van der Waals surface area contributed by atoms with Crippen LogP contribution in [-0.4, -0.2) is 35.4 Å². The Labute approximate surface area is 97.0 Å².